The minimum atomic E-state index is -0.651. The zero-order valence-corrected chi connectivity index (χ0v) is 11.8. The highest BCUT2D eigenvalue weighted by atomic mass is 16.5. The third kappa shape index (κ3) is 3.22. The highest BCUT2D eigenvalue weighted by molar-refractivity contribution is 5.90. The summed E-state index contributed by atoms with van der Waals surface area (Å²) in [4.78, 5) is 26.0. The molecule has 5 heteroatoms. The lowest BCUT2D eigenvalue weighted by Gasteiger charge is -2.38. The van der Waals surface area contributed by atoms with Crippen LogP contribution in [-0.4, -0.2) is 48.6 Å². The van der Waals surface area contributed by atoms with E-state index < -0.39 is 11.6 Å². The van der Waals surface area contributed by atoms with Gasteiger partial charge in [0.2, 0.25) is 5.91 Å². The van der Waals surface area contributed by atoms with Crippen molar-refractivity contribution >= 4 is 11.9 Å². The van der Waals surface area contributed by atoms with E-state index in [4.69, 9.17) is 4.74 Å². The van der Waals surface area contributed by atoms with Crippen LogP contribution in [-0.2, 0) is 14.3 Å². The first-order valence-electron chi connectivity index (χ1n) is 6.60. The minimum Gasteiger partial charge on any atom is -0.464 e. The van der Waals surface area contributed by atoms with Gasteiger partial charge in [0.05, 0.1) is 12.1 Å². The van der Waals surface area contributed by atoms with Gasteiger partial charge in [0.25, 0.3) is 0 Å². The highest BCUT2D eigenvalue weighted by Crippen LogP contribution is 2.21. The lowest BCUT2D eigenvalue weighted by Crippen LogP contribution is -2.58. The molecule has 0 spiro atoms. The quantitative estimate of drug-likeness (QED) is 0.760. The summed E-state index contributed by atoms with van der Waals surface area (Å²) in [5.41, 5.74) is -0.651. The van der Waals surface area contributed by atoms with Crippen molar-refractivity contribution in [3.63, 3.8) is 0 Å². The van der Waals surface area contributed by atoms with Crippen molar-refractivity contribution in [1.29, 1.82) is 0 Å². The predicted octanol–water partition coefficient (Wildman–Crippen LogP) is 0.929. The molecular weight excluding hydrogens is 232 g/mol. The monoisotopic (exact) mass is 256 g/mol. The molecule has 1 amide bonds. The van der Waals surface area contributed by atoms with Gasteiger partial charge in [-0.2, -0.15) is 0 Å². The normalized spacial score (nSPS) is 20.7. The van der Waals surface area contributed by atoms with Gasteiger partial charge in [0, 0.05) is 6.54 Å². The molecule has 1 unspecified atom stereocenters. The summed E-state index contributed by atoms with van der Waals surface area (Å²) in [6.07, 6.45) is 2.61. The van der Waals surface area contributed by atoms with Gasteiger partial charge in [-0.05, 0) is 47.1 Å². The molecule has 0 aromatic rings. The topological polar surface area (TPSA) is 58.6 Å². The van der Waals surface area contributed by atoms with Crippen molar-refractivity contribution in [2.24, 2.45) is 0 Å². The number of carbonyl (C=O) groups excluding carboxylic acids is 2. The molecule has 104 valence electrons. The highest BCUT2D eigenvalue weighted by Gasteiger charge is 2.39. The van der Waals surface area contributed by atoms with Crippen LogP contribution in [0.25, 0.3) is 0 Å². The van der Waals surface area contributed by atoms with Crippen LogP contribution in [0.15, 0.2) is 0 Å². The number of likely N-dealkylation sites (tertiary alicyclic amines) is 1. The Hall–Kier alpha value is -1.10. The number of carbonyl (C=O) groups is 2. The average Bonchev–Trinajstić information content (AvgIpc) is 2.38. The van der Waals surface area contributed by atoms with Crippen LogP contribution in [0.1, 0.15) is 40.0 Å². The molecule has 0 bridgehead atoms. The summed E-state index contributed by atoms with van der Waals surface area (Å²) in [7, 11) is 1.75. The molecule has 5 nitrogen and oxygen atoms in total. The Bertz CT molecular complexity index is 315. The smallest absolute Gasteiger partial charge is 0.328 e. The third-order valence-electron chi connectivity index (χ3n) is 3.48. The fraction of sp³-hybridized carbons (Fsp3) is 0.846. The fourth-order valence-corrected chi connectivity index (χ4v) is 2.12. The van der Waals surface area contributed by atoms with Gasteiger partial charge in [-0.15, -0.1) is 0 Å². The molecule has 1 atom stereocenters. The molecule has 0 aromatic carbocycles. The summed E-state index contributed by atoms with van der Waals surface area (Å²) >= 11 is 0. The van der Waals surface area contributed by atoms with Crippen LogP contribution in [0.2, 0.25) is 0 Å². The van der Waals surface area contributed by atoms with E-state index in [0.717, 1.165) is 12.8 Å². The summed E-state index contributed by atoms with van der Waals surface area (Å²) in [5.74, 6) is -0.319. The SMILES string of the molecule is CCOC(=O)C1CCCCN1C(=O)C(C)(C)NC. The van der Waals surface area contributed by atoms with E-state index in [1.54, 1.807) is 18.9 Å². The molecule has 0 aliphatic carbocycles. The molecule has 18 heavy (non-hydrogen) atoms. The first-order valence-corrected chi connectivity index (χ1v) is 6.60. The van der Waals surface area contributed by atoms with Crippen molar-refractivity contribution in [2.75, 3.05) is 20.2 Å². The van der Waals surface area contributed by atoms with E-state index in [1.165, 1.54) is 0 Å². The molecule has 1 aliphatic rings. The van der Waals surface area contributed by atoms with Crippen LogP contribution in [0, 0.1) is 0 Å². The van der Waals surface area contributed by atoms with Crippen LogP contribution in [0.5, 0.6) is 0 Å². The number of likely N-dealkylation sites (N-methyl/N-ethyl adjacent to an activating group) is 1. The predicted molar refractivity (Wildman–Crippen MR) is 69.1 cm³/mol. The van der Waals surface area contributed by atoms with Crippen molar-refractivity contribution in [3.8, 4) is 0 Å². The number of ether oxygens (including phenoxy) is 1. The van der Waals surface area contributed by atoms with Crippen LogP contribution in [0.3, 0.4) is 0 Å². The molecule has 1 rings (SSSR count). The van der Waals surface area contributed by atoms with Gasteiger partial charge >= 0.3 is 5.97 Å². The summed E-state index contributed by atoms with van der Waals surface area (Å²) in [5, 5.41) is 2.99. The number of hydrogen-bond acceptors (Lipinski definition) is 4. The maximum absolute atomic E-state index is 12.4. The van der Waals surface area contributed by atoms with Gasteiger partial charge in [0.1, 0.15) is 6.04 Å². The van der Waals surface area contributed by atoms with Gasteiger partial charge in [-0.1, -0.05) is 0 Å². The van der Waals surface area contributed by atoms with Gasteiger partial charge in [0.15, 0.2) is 0 Å². The first-order chi connectivity index (χ1) is 8.44. The summed E-state index contributed by atoms with van der Waals surface area (Å²) in [6.45, 7) is 6.42. The second-order valence-corrected chi connectivity index (χ2v) is 5.14. The van der Waals surface area contributed by atoms with Gasteiger partial charge in [-0.3, -0.25) is 4.79 Å². The van der Waals surface area contributed by atoms with E-state index >= 15 is 0 Å². The molecule has 0 radical (unpaired) electrons. The zero-order chi connectivity index (χ0) is 13.8. The summed E-state index contributed by atoms with van der Waals surface area (Å²) in [6, 6.07) is -0.418. The van der Waals surface area contributed by atoms with E-state index in [1.807, 2.05) is 13.8 Å². The lowest BCUT2D eigenvalue weighted by molar-refractivity contribution is -0.158. The number of esters is 1. The van der Waals surface area contributed by atoms with Crippen LogP contribution in [0.4, 0.5) is 0 Å². The minimum absolute atomic E-state index is 0.0391. The maximum atomic E-state index is 12.4. The number of nitrogens with zero attached hydrogens (tertiary/aromatic N) is 1. The molecule has 1 saturated heterocycles. The lowest BCUT2D eigenvalue weighted by atomic mass is 9.97. The van der Waals surface area contributed by atoms with E-state index in [2.05, 4.69) is 5.32 Å². The van der Waals surface area contributed by atoms with E-state index in [0.29, 0.717) is 19.6 Å². The molecule has 1 aliphatic heterocycles. The molecule has 1 heterocycles. The fourth-order valence-electron chi connectivity index (χ4n) is 2.12. The largest absolute Gasteiger partial charge is 0.464 e. The second kappa shape index (κ2) is 6.18. The number of nitrogens with one attached hydrogen (secondary N) is 1. The van der Waals surface area contributed by atoms with Gasteiger partial charge in [-0.25, -0.2) is 4.79 Å². The second-order valence-electron chi connectivity index (χ2n) is 5.14. The van der Waals surface area contributed by atoms with Crippen molar-refractivity contribution in [2.45, 2.75) is 51.6 Å². The van der Waals surface area contributed by atoms with Crippen LogP contribution < -0.4 is 5.32 Å². The Labute approximate surface area is 109 Å². The Morgan fingerprint density at radius 2 is 2.06 bits per heavy atom. The van der Waals surface area contributed by atoms with E-state index in [-0.39, 0.29) is 11.9 Å². The van der Waals surface area contributed by atoms with Crippen molar-refractivity contribution in [3.05, 3.63) is 0 Å². The number of amides is 1. The Kier molecular flexibility index (Phi) is 5.14. The summed E-state index contributed by atoms with van der Waals surface area (Å²) < 4.78 is 5.05. The zero-order valence-electron chi connectivity index (χ0n) is 11.8. The van der Waals surface area contributed by atoms with Crippen LogP contribution >= 0.6 is 0 Å². The first kappa shape index (κ1) is 15.0. The standard InChI is InChI=1S/C13H24N2O3/c1-5-18-11(16)10-8-6-7-9-15(10)12(17)13(2,3)14-4/h10,14H,5-9H2,1-4H3. The molecule has 0 saturated carbocycles. The maximum Gasteiger partial charge on any atom is 0.328 e. The number of piperidine rings is 1. The third-order valence-corrected chi connectivity index (χ3v) is 3.48. The Morgan fingerprint density at radius 3 is 2.61 bits per heavy atom. The molecular formula is C13H24N2O3. The Morgan fingerprint density at radius 1 is 1.39 bits per heavy atom. The van der Waals surface area contributed by atoms with Crippen molar-refractivity contribution in [1.82, 2.24) is 10.2 Å². The Balaban J connectivity index is 2.82. The number of hydrogen-bond donors (Lipinski definition) is 1. The van der Waals surface area contributed by atoms with Crippen molar-refractivity contribution < 1.29 is 14.3 Å². The number of rotatable bonds is 4. The van der Waals surface area contributed by atoms with Gasteiger partial charge < -0.3 is 15.0 Å². The molecule has 1 fully saturated rings. The molecule has 1 N–H and O–H groups in total. The average molecular weight is 256 g/mol. The van der Waals surface area contributed by atoms with E-state index in [9.17, 15) is 9.59 Å². The molecule has 0 aromatic heterocycles.